The van der Waals surface area contributed by atoms with Crippen molar-refractivity contribution >= 4 is 38.4 Å². The Morgan fingerprint density at radius 3 is 2.69 bits per heavy atom. The summed E-state index contributed by atoms with van der Waals surface area (Å²) >= 11 is 3.65. The van der Waals surface area contributed by atoms with Gasteiger partial charge >= 0.3 is 0 Å². The average Bonchev–Trinajstić information content (AvgIpc) is 3.35. The van der Waals surface area contributed by atoms with Crippen molar-refractivity contribution in [3.63, 3.8) is 0 Å². The highest BCUT2D eigenvalue weighted by atomic mass is 79.9. The molecule has 4 aromatic carbocycles. The minimum atomic E-state index is 0.190. The molecule has 0 aliphatic carbocycles. The molecule has 1 aliphatic heterocycles. The molecule has 0 bridgehead atoms. The number of halogens is 1. The van der Waals surface area contributed by atoms with Crippen LogP contribution in [0, 0.1) is 11.3 Å². The number of rotatable bonds is 7. The molecule has 0 saturated carbocycles. The molecule has 4 aromatic rings. The summed E-state index contributed by atoms with van der Waals surface area (Å²) in [6.45, 7) is 3.00. The largest absolute Gasteiger partial charge is 0.490 e. The Balaban J connectivity index is 1.45. The van der Waals surface area contributed by atoms with E-state index in [9.17, 15) is 5.26 Å². The summed E-state index contributed by atoms with van der Waals surface area (Å²) in [5.41, 5.74) is 3.16. The number of hydrogen-bond acceptors (Lipinski definition) is 5. The fourth-order valence-electron chi connectivity index (χ4n) is 4.05. The Morgan fingerprint density at radius 1 is 1.00 bits per heavy atom. The quantitative estimate of drug-likeness (QED) is 0.185. The molecule has 0 spiro atoms. The molecule has 6 heteroatoms. The first-order valence-electron chi connectivity index (χ1n) is 11.2. The van der Waals surface area contributed by atoms with Crippen molar-refractivity contribution < 1.29 is 18.9 Å². The minimum absolute atomic E-state index is 0.190. The molecule has 0 fully saturated rings. The van der Waals surface area contributed by atoms with Gasteiger partial charge in [-0.05, 0) is 86.7 Å². The second kappa shape index (κ2) is 10.1. The standard InChI is InChI=1S/C29H22BrNO4/c1-2-32-28-14-19(12-23(16-31)21-10-11-26-27(15-21)35-18-34-26)13-25(30)29(28)33-17-22-8-5-7-20-6-3-4-9-24(20)22/h3-15H,2,17-18H2,1H3/b23-12-. The lowest BCUT2D eigenvalue weighted by Crippen LogP contribution is -2.01. The van der Waals surface area contributed by atoms with E-state index in [2.05, 4.69) is 46.3 Å². The third kappa shape index (κ3) is 4.82. The van der Waals surface area contributed by atoms with Crippen molar-refractivity contribution in [2.75, 3.05) is 13.4 Å². The van der Waals surface area contributed by atoms with Crippen LogP contribution in [0.3, 0.4) is 0 Å². The summed E-state index contributed by atoms with van der Waals surface area (Å²) < 4.78 is 23.7. The monoisotopic (exact) mass is 527 g/mol. The maximum absolute atomic E-state index is 9.82. The van der Waals surface area contributed by atoms with Crippen LogP contribution in [0.5, 0.6) is 23.0 Å². The van der Waals surface area contributed by atoms with E-state index >= 15 is 0 Å². The zero-order chi connectivity index (χ0) is 24.2. The van der Waals surface area contributed by atoms with Gasteiger partial charge < -0.3 is 18.9 Å². The molecule has 5 rings (SSSR count). The molecule has 35 heavy (non-hydrogen) atoms. The van der Waals surface area contributed by atoms with E-state index < -0.39 is 0 Å². The second-order valence-electron chi connectivity index (χ2n) is 7.93. The zero-order valence-corrected chi connectivity index (χ0v) is 20.7. The highest BCUT2D eigenvalue weighted by Gasteiger charge is 2.16. The average molecular weight is 528 g/mol. The molecule has 174 valence electrons. The predicted molar refractivity (Wildman–Crippen MR) is 140 cm³/mol. The van der Waals surface area contributed by atoms with Gasteiger partial charge in [0.2, 0.25) is 6.79 Å². The fraction of sp³-hybridized carbons (Fsp3) is 0.138. The highest BCUT2D eigenvalue weighted by molar-refractivity contribution is 9.10. The third-order valence-corrected chi connectivity index (χ3v) is 6.29. The number of nitrogens with zero attached hydrogens (tertiary/aromatic N) is 1. The molecule has 0 aromatic heterocycles. The zero-order valence-electron chi connectivity index (χ0n) is 19.1. The van der Waals surface area contributed by atoms with Gasteiger partial charge in [-0.15, -0.1) is 0 Å². The van der Waals surface area contributed by atoms with E-state index in [-0.39, 0.29) is 6.79 Å². The summed E-state index contributed by atoms with van der Waals surface area (Å²) in [6, 6.07) is 26.0. The van der Waals surface area contributed by atoms with Gasteiger partial charge in [-0.3, -0.25) is 0 Å². The van der Waals surface area contributed by atoms with E-state index in [1.54, 1.807) is 0 Å². The van der Waals surface area contributed by atoms with E-state index in [1.807, 2.05) is 61.5 Å². The number of benzene rings is 4. The van der Waals surface area contributed by atoms with Gasteiger partial charge in [-0.1, -0.05) is 42.5 Å². The van der Waals surface area contributed by atoms with Crippen molar-refractivity contribution in [1.82, 2.24) is 0 Å². The smallest absolute Gasteiger partial charge is 0.231 e. The molecule has 0 N–H and O–H groups in total. The third-order valence-electron chi connectivity index (χ3n) is 5.70. The van der Waals surface area contributed by atoms with E-state index in [1.165, 1.54) is 5.39 Å². The predicted octanol–water partition coefficient (Wildman–Crippen LogP) is 7.37. The van der Waals surface area contributed by atoms with Crippen LogP contribution in [0.4, 0.5) is 0 Å². The highest BCUT2D eigenvalue weighted by Crippen LogP contribution is 2.39. The van der Waals surface area contributed by atoms with Crippen molar-refractivity contribution in [2.24, 2.45) is 0 Å². The van der Waals surface area contributed by atoms with Gasteiger partial charge in [0.15, 0.2) is 23.0 Å². The van der Waals surface area contributed by atoms with Crippen LogP contribution in [0.2, 0.25) is 0 Å². The lowest BCUT2D eigenvalue weighted by Gasteiger charge is -2.16. The van der Waals surface area contributed by atoms with Crippen molar-refractivity contribution in [2.45, 2.75) is 13.5 Å². The molecular weight excluding hydrogens is 506 g/mol. The number of allylic oxidation sites excluding steroid dienone is 1. The first-order valence-corrected chi connectivity index (χ1v) is 12.0. The summed E-state index contributed by atoms with van der Waals surface area (Å²) in [6.07, 6.45) is 1.82. The van der Waals surface area contributed by atoms with Gasteiger partial charge in [0, 0.05) is 0 Å². The summed E-state index contributed by atoms with van der Waals surface area (Å²) in [4.78, 5) is 0. The first-order chi connectivity index (χ1) is 17.2. The van der Waals surface area contributed by atoms with Crippen LogP contribution in [0.15, 0.2) is 77.3 Å². The van der Waals surface area contributed by atoms with Gasteiger partial charge in [-0.25, -0.2) is 0 Å². The molecule has 0 saturated heterocycles. The maximum atomic E-state index is 9.82. The molecular formula is C29H22BrNO4. The Hall–Kier alpha value is -3.95. The van der Waals surface area contributed by atoms with Crippen LogP contribution in [0.1, 0.15) is 23.6 Å². The molecule has 1 heterocycles. The van der Waals surface area contributed by atoms with E-state index in [4.69, 9.17) is 18.9 Å². The van der Waals surface area contributed by atoms with Crippen LogP contribution in [-0.2, 0) is 6.61 Å². The second-order valence-corrected chi connectivity index (χ2v) is 8.78. The lowest BCUT2D eigenvalue weighted by molar-refractivity contribution is 0.174. The molecule has 5 nitrogen and oxygen atoms in total. The first kappa shape index (κ1) is 22.8. The van der Waals surface area contributed by atoms with Crippen LogP contribution < -0.4 is 18.9 Å². The van der Waals surface area contributed by atoms with Crippen molar-refractivity contribution in [3.8, 4) is 29.1 Å². The molecule has 1 aliphatic rings. The van der Waals surface area contributed by atoms with Crippen molar-refractivity contribution in [1.29, 1.82) is 5.26 Å². The number of ether oxygens (including phenoxy) is 4. The molecule has 0 amide bonds. The van der Waals surface area contributed by atoms with E-state index in [0.29, 0.717) is 41.8 Å². The maximum Gasteiger partial charge on any atom is 0.231 e. The summed E-state index contributed by atoms with van der Waals surface area (Å²) in [5.74, 6) is 2.55. The number of nitriles is 1. The normalized spacial score (nSPS) is 12.4. The van der Waals surface area contributed by atoms with Gasteiger partial charge in [0.05, 0.1) is 22.7 Å². The Morgan fingerprint density at radius 2 is 1.83 bits per heavy atom. The SMILES string of the molecule is CCOc1cc(/C=C(/C#N)c2ccc3c(c2)OCO3)cc(Br)c1OCc1cccc2ccccc12. The molecule has 0 radical (unpaired) electrons. The van der Waals surface area contributed by atoms with Gasteiger partial charge in [0.25, 0.3) is 0 Å². The van der Waals surface area contributed by atoms with Crippen LogP contribution in [-0.4, -0.2) is 13.4 Å². The van der Waals surface area contributed by atoms with E-state index in [0.717, 1.165) is 26.5 Å². The fourth-order valence-corrected chi connectivity index (χ4v) is 4.63. The van der Waals surface area contributed by atoms with Gasteiger partial charge in [0.1, 0.15) is 6.61 Å². The number of fused-ring (bicyclic) bond motifs is 2. The van der Waals surface area contributed by atoms with Crippen LogP contribution in [0.25, 0.3) is 22.4 Å². The Labute approximate surface area is 212 Å². The van der Waals surface area contributed by atoms with Crippen LogP contribution >= 0.6 is 15.9 Å². The minimum Gasteiger partial charge on any atom is -0.490 e. The topological polar surface area (TPSA) is 60.7 Å². The lowest BCUT2D eigenvalue weighted by atomic mass is 10.0. The molecule has 0 atom stereocenters. The Kier molecular flexibility index (Phi) is 6.60. The number of hydrogen-bond donors (Lipinski definition) is 0. The Bertz CT molecular complexity index is 1470. The summed E-state index contributed by atoms with van der Waals surface area (Å²) in [7, 11) is 0. The molecule has 0 unspecified atom stereocenters. The van der Waals surface area contributed by atoms with Crippen molar-refractivity contribution in [3.05, 3.63) is 94.0 Å². The summed E-state index contributed by atoms with van der Waals surface area (Å²) in [5, 5.41) is 12.2. The van der Waals surface area contributed by atoms with Gasteiger partial charge in [-0.2, -0.15) is 5.26 Å².